The van der Waals surface area contributed by atoms with E-state index in [0.717, 1.165) is 0 Å². The minimum Gasteiger partial charge on any atom is -0.481 e. The number of aromatic nitrogens is 1. The summed E-state index contributed by atoms with van der Waals surface area (Å²) in [6, 6.07) is 0.495. The van der Waals surface area contributed by atoms with Crippen LogP contribution in [-0.4, -0.2) is 130 Å². The molecule has 5 atom stereocenters. The summed E-state index contributed by atoms with van der Waals surface area (Å²) in [6.07, 6.45) is 2.86. The summed E-state index contributed by atoms with van der Waals surface area (Å²) in [5, 5.41) is 22.8. The van der Waals surface area contributed by atoms with Crippen molar-refractivity contribution in [2.75, 3.05) is 31.1 Å². The van der Waals surface area contributed by atoms with Crippen LogP contribution in [0.25, 0.3) is 10.9 Å². The van der Waals surface area contributed by atoms with Gasteiger partial charge in [0, 0.05) is 42.5 Å². The third kappa shape index (κ3) is 12.2. The molecule has 0 radical (unpaired) electrons. The largest absolute Gasteiger partial charge is 0.481 e. The van der Waals surface area contributed by atoms with Gasteiger partial charge in [0.25, 0.3) is 0 Å². The van der Waals surface area contributed by atoms with Crippen molar-refractivity contribution in [2.24, 2.45) is 11.5 Å². The molecule has 2 aromatic rings. The number of nitrogens with two attached hydrogens (primary N) is 2. The second-order valence-corrected chi connectivity index (χ2v) is 15.9. The molecule has 1 aromatic heterocycles. The van der Waals surface area contributed by atoms with Gasteiger partial charge in [-0.3, -0.25) is 47.7 Å². The number of hydrogen-bond acceptors (Lipinski definition) is 12. The number of rotatable bonds is 10. The molecule has 21 heteroatoms. The molecule has 10 N–H and O–H groups in total. The van der Waals surface area contributed by atoms with E-state index in [1.54, 1.807) is 24.3 Å². The van der Waals surface area contributed by atoms with Crippen LogP contribution in [0.1, 0.15) is 50.5 Å². The number of hydrogen-bond donors (Lipinski definition) is 8. The van der Waals surface area contributed by atoms with E-state index in [4.69, 9.17) is 11.5 Å². The average Bonchev–Trinajstić information content (AvgIpc) is 3.80. The highest BCUT2D eigenvalue weighted by Crippen LogP contribution is 2.26. The number of amides is 7. The molecule has 19 nitrogen and oxygen atoms in total. The van der Waals surface area contributed by atoms with Crippen LogP contribution in [-0.2, 0) is 49.6 Å². The van der Waals surface area contributed by atoms with Crippen molar-refractivity contribution in [2.45, 2.75) is 81.6 Å². The lowest BCUT2D eigenvalue weighted by Crippen LogP contribution is -2.59. The number of unbranched alkanes of at least 4 members (excludes halogenated alkanes) is 1. The summed E-state index contributed by atoms with van der Waals surface area (Å²) in [5.41, 5.74) is 12.2. The fourth-order valence-corrected chi connectivity index (χ4v) is 8.61. The molecule has 2 saturated heterocycles. The second kappa shape index (κ2) is 21.2. The Bertz CT molecular complexity index is 1810. The van der Waals surface area contributed by atoms with Crippen LogP contribution in [0.2, 0.25) is 0 Å². The zero-order chi connectivity index (χ0) is 40.8. The summed E-state index contributed by atoms with van der Waals surface area (Å²) in [6.45, 7) is -0.210. The van der Waals surface area contributed by atoms with Gasteiger partial charge in [0.2, 0.25) is 47.8 Å². The quantitative estimate of drug-likeness (QED) is 0.0743. The molecule has 56 heavy (non-hydrogen) atoms. The minimum atomic E-state index is -1.71. The van der Waals surface area contributed by atoms with Crippen molar-refractivity contribution < 1.29 is 48.3 Å². The normalized spacial score (nSPS) is 23.9. The van der Waals surface area contributed by atoms with Crippen molar-refractivity contribution in [1.82, 2.24) is 36.1 Å². The maximum absolute atomic E-state index is 14.4. The lowest BCUT2D eigenvalue weighted by molar-refractivity contribution is -0.143. The number of carboxylic acid groups (broad SMARTS) is 1. The van der Waals surface area contributed by atoms with Gasteiger partial charge in [-0.15, -0.1) is 0 Å². The van der Waals surface area contributed by atoms with E-state index >= 15 is 0 Å². The van der Waals surface area contributed by atoms with Crippen LogP contribution in [0, 0.1) is 0 Å². The van der Waals surface area contributed by atoms with Gasteiger partial charge in [-0.2, -0.15) is 0 Å². The van der Waals surface area contributed by atoms with Gasteiger partial charge in [-0.05, 0) is 50.3 Å². The lowest BCUT2D eigenvalue weighted by atomic mass is 10.0. The Kier molecular flexibility index (Phi) is 16.5. The number of fused-ring (bicyclic) bond motifs is 2. The third-order valence-electron chi connectivity index (χ3n) is 9.26. The van der Waals surface area contributed by atoms with Gasteiger partial charge in [-0.25, -0.2) is 0 Å². The number of carboxylic acids is 1. The summed E-state index contributed by atoms with van der Waals surface area (Å²) in [5.74, 6) is -6.42. The topological polar surface area (TPSA) is 294 Å². The molecule has 0 spiro atoms. The summed E-state index contributed by atoms with van der Waals surface area (Å²) < 4.78 is 1.30. The number of para-hydroxylation sites is 1. The first-order valence-corrected chi connectivity index (χ1v) is 20.6. The molecule has 0 unspecified atom stereocenters. The highest BCUT2D eigenvalue weighted by Gasteiger charge is 2.40. The lowest BCUT2D eigenvalue weighted by Gasteiger charge is -2.30. The Labute approximate surface area is 329 Å². The molecule has 2 aliphatic rings. The van der Waals surface area contributed by atoms with Crippen molar-refractivity contribution in [3.05, 3.63) is 36.0 Å². The van der Waals surface area contributed by atoms with E-state index in [0.29, 0.717) is 48.7 Å². The maximum Gasteiger partial charge on any atom is 0.305 e. The second-order valence-electron chi connectivity index (χ2n) is 13.3. The third-order valence-corrected chi connectivity index (χ3v) is 11.7. The molecule has 2 fully saturated rings. The molecule has 1 aromatic carbocycles. The van der Waals surface area contributed by atoms with E-state index in [9.17, 15) is 48.3 Å². The molecular formula is C35H47N9O10S2. The van der Waals surface area contributed by atoms with Gasteiger partial charge < -0.3 is 48.1 Å². The Morgan fingerprint density at radius 2 is 1.66 bits per heavy atom. The van der Waals surface area contributed by atoms with Gasteiger partial charge in [0.1, 0.15) is 30.2 Å². The van der Waals surface area contributed by atoms with Crippen LogP contribution in [0.4, 0.5) is 0 Å². The number of aliphatic carboxylic acids is 1. The van der Waals surface area contributed by atoms with Crippen LogP contribution in [0.5, 0.6) is 0 Å². The number of carbonyl (C=O) groups excluding carboxylic acids is 8. The highest BCUT2D eigenvalue weighted by molar-refractivity contribution is 8.76. The van der Waals surface area contributed by atoms with Crippen LogP contribution in [0.3, 0.4) is 0 Å². The molecule has 304 valence electrons. The van der Waals surface area contributed by atoms with Crippen molar-refractivity contribution in [1.29, 1.82) is 0 Å². The van der Waals surface area contributed by atoms with Gasteiger partial charge in [0.15, 0.2) is 0 Å². The van der Waals surface area contributed by atoms with Gasteiger partial charge in [-0.1, -0.05) is 39.8 Å². The first-order chi connectivity index (χ1) is 26.8. The summed E-state index contributed by atoms with van der Waals surface area (Å²) in [4.78, 5) is 118. The average molecular weight is 818 g/mol. The van der Waals surface area contributed by atoms with E-state index in [1.165, 1.54) is 37.3 Å². The monoisotopic (exact) mass is 817 g/mol. The molecular weight excluding hydrogens is 771 g/mol. The van der Waals surface area contributed by atoms with Crippen LogP contribution >= 0.6 is 21.6 Å². The fourth-order valence-electron chi connectivity index (χ4n) is 6.44. The molecule has 2 aliphatic heterocycles. The van der Waals surface area contributed by atoms with E-state index in [2.05, 4.69) is 26.6 Å². The Morgan fingerprint density at radius 3 is 2.38 bits per heavy atom. The van der Waals surface area contributed by atoms with Gasteiger partial charge >= 0.3 is 5.97 Å². The van der Waals surface area contributed by atoms with Crippen molar-refractivity contribution >= 4 is 86.2 Å². The zero-order valence-electron chi connectivity index (χ0n) is 30.5. The summed E-state index contributed by atoms with van der Waals surface area (Å²) >= 11 is 0. The van der Waals surface area contributed by atoms with Crippen LogP contribution in [0.15, 0.2) is 30.5 Å². The highest BCUT2D eigenvalue weighted by atomic mass is 33.1. The van der Waals surface area contributed by atoms with Gasteiger partial charge in [0.05, 0.1) is 18.5 Å². The number of benzene rings is 1. The van der Waals surface area contributed by atoms with E-state index in [1.807, 2.05) is 0 Å². The zero-order valence-corrected chi connectivity index (χ0v) is 32.2. The SMILES string of the molecule is NCCCC[C@@H]1NC(=O)CCSSC[C@@H](C(N)=O)NC(=O)[C@@H]2CCCN2C(=O)[C@@H](Cc2cn(C=O)c3ccccc23)NC(=O)[C@H](CC(=O)O)NC(=O)CNC1=O. The van der Waals surface area contributed by atoms with Crippen LogP contribution < -0.4 is 38.1 Å². The smallest absolute Gasteiger partial charge is 0.305 e. The number of nitrogens with one attached hydrogen (secondary N) is 5. The minimum absolute atomic E-state index is 0.00558. The summed E-state index contributed by atoms with van der Waals surface area (Å²) in [7, 11) is 2.44. The van der Waals surface area contributed by atoms with E-state index in [-0.39, 0.29) is 43.7 Å². The number of carbonyl (C=O) groups is 9. The standard InChI is InChI=1S/C35H47N9O10S2/c36-11-4-3-7-22-32(51)38-16-29(47)40-23(15-30(48)49)33(52)41-24(14-20-17-43(19-45)26-8-2-1-6-21(20)26)35(54)44-12-5-9-27(44)34(53)42-25(31(37)50)18-56-55-13-10-28(46)39-22/h1-2,6,8,17,19,22-25,27H,3-5,7,9-16,18,36H2,(H2,37,50)(H,38,51)(H,39,46)(H,40,47)(H,41,52)(H,42,53)(H,48,49)/t22-,23-,24+,25-,27-/m0/s1. The fraction of sp³-hybridized carbons (Fsp3) is 0.514. The Hall–Kier alpha value is -5.15. The predicted molar refractivity (Wildman–Crippen MR) is 207 cm³/mol. The molecule has 4 rings (SSSR count). The first kappa shape index (κ1) is 43.6. The number of nitrogens with zero attached hydrogens (tertiary/aromatic N) is 2. The first-order valence-electron chi connectivity index (χ1n) is 18.1. The van der Waals surface area contributed by atoms with Crippen molar-refractivity contribution in [3.63, 3.8) is 0 Å². The molecule has 7 amide bonds. The maximum atomic E-state index is 14.4. The molecule has 3 heterocycles. The predicted octanol–water partition coefficient (Wildman–Crippen LogP) is -1.86. The molecule has 0 bridgehead atoms. The Balaban J connectivity index is 1.67. The van der Waals surface area contributed by atoms with E-state index < -0.39 is 90.5 Å². The molecule has 0 saturated carbocycles. The Morgan fingerprint density at radius 1 is 0.911 bits per heavy atom. The number of primary amides is 1. The van der Waals surface area contributed by atoms with Crippen molar-refractivity contribution in [3.8, 4) is 0 Å². The molecule has 0 aliphatic carbocycles.